The minimum atomic E-state index is -3.78. The van der Waals surface area contributed by atoms with Crippen molar-refractivity contribution in [3.63, 3.8) is 0 Å². The molecule has 28 heavy (non-hydrogen) atoms. The molecule has 0 amide bonds. The summed E-state index contributed by atoms with van der Waals surface area (Å²) in [6.07, 6.45) is 1.71. The second-order valence-corrected chi connectivity index (χ2v) is 7.79. The maximum absolute atomic E-state index is 13.4. The molecule has 4 rings (SSSR count). The van der Waals surface area contributed by atoms with Gasteiger partial charge in [0.2, 0.25) is 10.0 Å². The van der Waals surface area contributed by atoms with E-state index in [0.717, 1.165) is 28.1 Å². The lowest BCUT2D eigenvalue weighted by Gasteiger charge is -2.11. The zero-order chi connectivity index (χ0) is 19.7. The SMILES string of the molecule is NS(=O)(=O)c1ccc(-c2c(-c3ccc(F)cc3)cnn2-c2ccccc2)cc1. The summed E-state index contributed by atoms with van der Waals surface area (Å²) in [4.78, 5) is 0.0327. The first kappa shape index (κ1) is 18.1. The number of benzene rings is 3. The fourth-order valence-corrected chi connectivity index (χ4v) is 3.55. The molecule has 0 atom stereocenters. The lowest BCUT2D eigenvalue weighted by Crippen LogP contribution is -2.11. The first-order valence-corrected chi connectivity index (χ1v) is 10.0. The average molecular weight is 393 g/mol. The van der Waals surface area contributed by atoms with Crippen molar-refractivity contribution < 1.29 is 12.8 Å². The van der Waals surface area contributed by atoms with Gasteiger partial charge < -0.3 is 0 Å². The Hall–Kier alpha value is -3.29. The second-order valence-electron chi connectivity index (χ2n) is 6.23. The number of primary sulfonamides is 1. The Morgan fingerprint density at radius 1 is 0.821 bits per heavy atom. The number of nitrogens with zero attached hydrogens (tertiary/aromatic N) is 2. The van der Waals surface area contributed by atoms with Gasteiger partial charge in [-0.25, -0.2) is 22.6 Å². The third-order valence-electron chi connectivity index (χ3n) is 4.38. The molecule has 0 aliphatic carbocycles. The molecule has 2 N–H and O–H groups in total. The van der Waals surface area contributed by atoms with E-state index in [4.69, 9.17) is 5.14 Å². The Morgan fingerprint density at radius 3 is 2.04 bits per heavy atom. The van der Waals surface area contributed by atoms with Gasteiger partial charge in [-0.2, -0.15) is 5.10 Å². The van der Waals surface area contributed by atoms with Crippen LogP contribution in [0.5, 0.6) is 0 Å². The number of rotatable bonds is 4. The Labute approximate surface area is 161 Å². The van der Waals surface area contributed by atoms with Gasteiger partial charge in [0.15, 0.2) is 0 Å². The van der Waals surface area contributed by atoms with E-state index >= 15 is 0 Å². The Bertz CT molecular complexity index is 1220. The average Bonchev–Trinajstić information content (AvgIpc) is 3.14. The van der Waals surface area contributed by atoms with Crippen molar-refractivity contribution in [2.24, 2.45) is 5.14 Å². The number of para-hydroxylation sites is 1. The highest BCUT2D eigenvalue weighted by atomic mass is 32.2. The van der Waals surface area contributed by atoms with Crippen molar-refractivity contribution in [1.82, 2.24) is 9.78 Å². The van der Waals surface area contributed by atoms with E-state index in [1.807, 2.05) is 30.3 Å². The van der Waals surface area contributed by atoms with E-state index in [1.54, 1.807) is 35.1 Å². The fourth-order valence-electron chi connectivity index (χ4n) is 3.03. The van der Waals surface area contributed by atoms with Crippen molar-refractivity contribution in [2.45, 2.75) is 4.90 Å². The first-order valence-electron chi connectivity index (χ1n) is 8.46. The van der Waals surface area contributed by atoms with E-state index in [1.165, 1.54) is 24.3 Å². The molecule has 4 aromatic rings. The van der Waals surface area contributed by atoms with Crippen molar-refractivity contribution in [1.29, 1.82) is 0 Å². The van der Waals surface area contributed by atoms with Crippen molar-refractivity contribution in [3.8, 4) is 28.1 Å². The van der Waals surface area contributed by atoms with Crippen LogP contribution in [-0.2, 0) is 10.0 Å². The fraction of sp³-hybridized carbons (Fsp3) is 0. The minimum Gasteiger partial charge on any atom is -0.232 e. The summed E-state index contributed by atoms with van der Waals surface area (Å²) in [6, 6.07) is 22.0. The van der Waals surface area contributed by atoms with Gasteiger partial charge in [-0.15, -0.1) is 0 Å². The number of aromatic nitrogens is 2. The van der Waals surface area contributed by atoms with Gasteiger partial charge >= 0.3 is 0 Å². The second kappa shape index (κ2) is 7.03. The molecule has 0 unspecified atom stereocenters. The van der Waals surface area contributed by atoms with Crippen molar-refractivity contribution in [2.75, 3.05) is 0 Å². The quantitative estimate of drug-likeness (QED) is 0.569. The number of sulfonamides is 1. The summed E-state index contributed by atoms with van der Waals surface area (Å²) >= 11 is 0. The van der Waals surface area contributed by atoms with Crippen LogP contribution in [0.2, 0.25) is 0 Å². The Kier molecular flexibility index (Phi) is 4.54. The molecule has 0 bridgehead atoms. The molecule has 0 saturated carbocycles. The van der Waals surface area contributed by atoms with Crippen LogP contribution in [0.25, 0.3) is 28.1 Å². The maximum Gasteiger partial charge on any atom is 0.238 e. The van der Waals surface area contributed by atoms with E-state index in [9.17, 15) is 12.8 Å². The summed E-state index contributed by atoms with van der Waals surface area (Å²) in [5, 5.41) is 9.71. The Morgan fingerprint density at radius 2 is 1.43 bits per heavy atom. The molecule has 0 aliphatic rings. The molecule has 3 aromatic carbocycles. The van der Waals surface area contributed by atoms with Crippen LogP contribution in [0.4, 0.5) is 4.39 Å². The lowest BCUT2D eigenvalue weighted by atomic mass is 10.0. The minimum absolute atomic E-state index is 0.0327. The zero-order valence-electron chi connectivity index (χ0n) is 14.7. The van der Waals surface area contributed by atoms with Crippen LogP contribution in [-0.4, -0.2) is 18.2 Å². The summed E-state index contributed by atoms with van der Waals surface area (Å²) in [6.45, 7) is 0. The van der Waals surface area contributed by atoms with E-state index in [-0.39, 0.29) is 10.7 Å². The summed E-state index contributed by atoms with van der Waals surface area (Å²) < 4.78 is 38.3. The van der Waals surface area contributed by atoms with Crippen LogP contribution in [0.15, 0.2) is 90.0 Å². The molecule has 0 fully saturated rings. The molecule has 0 saturated heterocycles. The van der Waals surface area contributed by atoms with Crippen molar-refractivity contribution >= 4 is 10.0 Å². The number of nitrogens with two attached hydrogens (primary N) is 1. The normalized spacial score (nSPS) is 11.5. The maximum atomic E-state index is 13.4. The smallest absolute Gasteiger partial charge is 0.232 e. The van der Waals surface area contributed by atoms with E-state index in [0.29, 0.717) is 0 Å². The monoisotopic (exact) mass is 393 g/mol. The van der Waals surface area contributed by atoms with Gasteiger partial charge in [0.1, 0.15) is 5.82 Å². The van der Waals surface area contributed by atoms with Crippen LogP contribution in [0.3, 0.4) is 0 Å². The lowest BCUT2D eigenvalue weighted by molar-refractivity contribution is 0.598. The van der Waals surface area contributed by atoms with Gasteiger partial charge in [-0.3, -0.25) is 0 Å². The zero-order valence-corrected chi connectivity index (χ0v) is 15.5. The van der Waals surface area contributed by atoms with E-state index in [2.05, 4.69) is 5.10 Å². The highest BCUT2D eigenvalue weighted by Crippen LogP contribution is 2.34. The van der Waals surface area contributed by atoms with Crippen molar-refractivity contribution in [3.05, 3.63) is 90.9 Å². The highest BCUT2D eigenvalue weighted by molar-refractivity contribution is 7.89. The third-order valence-corrected chi connectivity index (χ3v) is 5.31. The summed E-state index contributed by atoms with van der Waals surface area (Å²) in [5.41, 5.74) is 3.97. The number of hydrogen-bond donors (Lipinski definition) is 1. The Balaban J connectivity index is 1.92. The number of halogens is 1. The molecule has 140 valence electrons. The van der Waals surface area contributed by atoms with Gasteiger partial charge in [0, 0.05) is 11.1 Å². The molecule has 7 heteroatoms. The van der Waals surface area contributed by atoms with Crippen LogP contribution in [0, 0.1) is 5.82 Å². The van der Waals surface area contributed by atoms with Crippen LogP contribution >= 0.6 is 0 Å². The van der Waals surface area contributed by atoms with Crippen LogP contribution < -0.4 is 5.14 Å². The standard InChI is InChI=1S/C21H16FN3O2S/c22-17-10-6-15(7-11-17)20-14-24-25(18-4-2-1-3-5-18)21(20)16-8-12-19(13-9-16)28(23,26)27/h1-14H,(H2,23,26,27). The molecule has 0 aliphatic heterocycles. The van der Waals surface area contributed by atoms with Gasteiger partial charge in [0.05, 0.1) is 22.5 Å². The predicted octanol–water partition coefficient (Wildman–Crippen LogP) is 3.99. The molecule has 0 radical (unpaired) electrons. The molecular formula is C21H16FN3O2S. The van der Waals surface area contributed by atoms with Gasteiger partial charge in [-0.1, -0.05) is 42.5 Å². The third kappa shape index (κ3) is 3.45. The molecule has 5 nitrogen and oxygen atoms in total. The first-order chi connectivity index (χ1) is 13.4. The summed E-state index contributed by atoms with van der Waals surface area (Å²) in [5.74, 6) is -0.321. The summed E-state index contributed by atoms with van der Waals surface area (Å²) in [7, 11) is -3.78. The highest BCUT2D eigenvalue weighted by Gasteiger charge is 2.17. The molecular weight excluding hydrogens is 377 g/mol. The largest absolute Gasteiger partial charge is 0.238 e. The van der Waals surface area contributed by atoms with Crippen LogP contribution in [0.1, 0.15) is 0 Å². The molecule has 0 spiro atoms. The molecule has 1 heterocycles. The van der Waals surface area contributed by atoms with Gasteiger partial charge in [0.25, 0.3) is 0 Å². The topological polar surface area (TPSA) is 78.0 Å². The number of hydrogen-bond acceptors (Lipinski definition) is 3. The van der Waals surface area contributed by atoms with E-state index < -0.39 is 10.0 Å². The van der Waals surface area contributed by atoms with Gasteiger partial charge in [-0.05, 0) is 42.0 Å². The molecule has 1 aromatic heterocycles. The predicted molar refractivity (Wildman–Crippen MR) is 106 cm³/mol.